The number of carbonyl (C=O) groups excluding carboxylic acids is 1. The van der Waals surface area contributed by atoms with Gasteiger partial charge in [0.05, 0.1) is 6.42 Å². The number of unbranched alkanes of at least 4 members (excludes halogenated alkanes) is 1. The zero-order valence-corrected chi connectivity index (χ0v) is 10.1. The Kier molecular flexibility index (Phi) is 4.53. The van der Waals surface area contributed by atoms with E-state index < -0.39 is 11.2 Å². The lowest BCUT2D eigenvalue weighted by atomic mass is 10.2. The van der Waals surface area contributed by atoms with Crippen LogP contribution >= 0.6 is 24.0 Å². The fourth-order valence-electron chi connectivity index (χ4n) is 1.30. The predicted octanol–water partition coefficient (Wildman–Crippen LogP) is 1.49. The number of carboxylic acid groups (broad SMARTS) is 1. The van der Waals surface area contributed by atoms with Gasteiger partial charge in [-0.25, -0.2) is 0 Å². The first-order valence-corrected chi connectivity index (χ1v) is 6.08. The average molecular weight is 247 g/mol. The predicted molar refractivity (Wildman–Crippen MR) is 62.9 cm³/mol. The highest BCUT2D eigenvalue weighted by atomic mass is 32.2. The van der Waals surface area contributed by atoms with Crippen molar-refractivity contribution < 1.29 is 14.7 Å². The summed E-state index contributed by atoms with van der Waals surface area (Å²) in [6.07, 6.45) is 1.74. The first kappa shape index (κ1) is 12.4. The van der Waals surface area contributed by atoms with Crippen molar-refractivity contribution in [3.63, 3.8) is 0 Å². The molecule has 0 saturated carbocycles. The van der Waals surface area contributed by atoms with E-state index >= 15 is 0 Å². The van der Waals surface area contributed by atoms with Gasteiger partial charge in [-0.05, 0) is 6.42 Å². The molecule has 84 valence electrons. The second-order valence-corrected chi connectivity index (χ2v) is 5.15. The Balaban J connectivity index is 2.58. The maximum Gasteiger partial charge on any atom is 0.305 e. The number of thioether (sulfide) groups is 1. The first-order valence-electron chi connectivity index (χ1n) is 4.80. The Bertz CT molecular complexity index is 293. The van der Waals surface area contributed by atoms with Gasteiger partial charge < -0.3 is 5.11 Å². The number of aliphatic carboxylic acids is 1. The Morgan fingerprint density at radius 1 is 1.67 bits per heavy atom. The lowest BCUT2D eigenvalue weighted by molar-refractivity contribution is -0.139. The maximum atomic E-state index is 11.7. The molecule has 0 aromatic rings. The number of hydrogen-bond donors (Lipinski definition) is 1. The third kappa shape index (κ3) is 3.17. The van der Waals surface area contributed by atoms with Crippen LogP contribution < -0.4 is 0 Å². The minimum Gasteiger partial charge on any atom is -0.481 e. The van der Waals surface area contributed by atoms with E-state index in [4.69, 9.17) is 17.3 Å². The number of thiocarbonyl (C=S) groups is 1. The van der Waals surface area contributed by atoms with Crippen LogP contribution in [0.5, 0.6) is 0 Å². The Morgan fingerprint density at radius 2 is 2.33 bits per heavy atom. The van der Waals surface area contributed by atoms with Crippen molar-refractivity contribution in [2.45, 2.75) is 31.4 Å². The molecule has 0 unspecified atom stereocenters. The van der Waals surface area contributed by atoms with Gasteiger partial charge in [0.25, 0.3) is 0 Å². The summed E-state index contributed by atoms with van der Waals surface area (Å²) in [5.41, 5.74) is 0. The fourth-order valence-corrected chi connectivity index (χ4v) is 2.84. The van der Waals surface area contributed by atoms with Gasteiger partial charge in [0.1, 0.15) is 9.57 Å². The van der Waals surface area contributed by atoms with Crippen LogP contribution in [-0.4, -0.2) is 38.0 Å². The summed E-state index contributed by atoms with van der Waals surface area (Å²) in [6, 6.07) is 0. The quantitative estimate of drug-likeness (QED) is 0.746. The molecule has 1 aliphatic rings. The van der Waals surface area contributed by atoms with Crippen LogP contribution in [0.3, 0.4) is 0 Å². The molecule has 1 saturated heterocycles. The molecule has 1 heterocycles. The summed E-state index contributed by atoms with van der Waals surface area (Å²) in [5, 5.41) is 8.09. The van der Waals surface area contributed by atoms with E-state index in [2.05, 4.69) is 0 Å². The standard InChI is InChI=1S/C9H13NO3S2/c1-2-3-4-10-8(13)6(5-7(11)12)15-9(10)14/h6H,2-5H2,1H3,(H,11,12)/t6-/m0/s1. The summed E-state index contributed by atoms with van der Waals surface area (Å²) in [6.45, 7) is 2.64. The summed E-state index contributed by atoms with van der Waals surface area (Å²) < 4.78 is 0.514. The minimum absolute atomic E-state index is 0.147. The van der Waals surface area contributed by atoms with Gasteiger partial charge in [0, 0.05) is 6.54 Å². The molecule has 0 aliphatic carbocycles. The summed E-state index contributed by atoms with van der Waals surface area (Å²) in [7, 11) is 0. The summed E-state index contributed by atoms with van der Waals surface area (Å²) >= 11 is 6.22. The molecule has 1 rings (SSSR count). The summed E-state index contributed by atoms with van der Waals surface area (Å²) in [4.78, 5) is 23.7. The van der Waals surface area contributed by atoms with E-state index in [0.29, 0.717) is 10.9 Å². The maximum absolute atomic E-state index is 11.7. The normalized spacial score (nSPS) is 21.1. The molecule has 0 aromatic carbocycles. The van der Waals surface area contributed by atoms with E-state index in [1.165, 1.54) is 16.7 Å². The highest BCUT2D eigenvalue weighted by molar-refractivity contribution is 8.24. The molecule has 1 aliphatic heterocycles. The number of carbonyl (C=O) groups is 2. The molecule has 15 heavy (non-hydrogen) atoms. The third-order valence-electron chi connectivity index (χ3n) is 2.10. The molecule has 1 atom stereocenters. The average Bonchev–Trinajstić information content (AvgIpc) is 2.39. The van der Waals surface area contributed by atoms with Crippen molar-refractivity contribution in [1.82, 2.24) is 4.90 Å². The lowest BCUT2D eigenvalue weighted by Gasteiger charge is -2.14. The zero-order chi connectivity index (χ0) is 11.4. The highest BCUT2D eigenvalue weighted by Gasteiger charge is 2.37. The number of nitrogens with zero attached hydrogens (tertiary/aromatic N) is 1. The monoisotopic (exact) mass is 247 g/mol. The van der Waals surface area contributed by atoms with Crippen molar-refractivity contribution in [2.75, 3.05) is 6.54 Å². The molecule has 1 fully saturated rings. The van der Waals surface area contributed by atoms with Crippen LogP contribution in [0.4, 0.5) is 0 Å². The highest BCUT2D eigenvalue weighted by Crippen LogP contribution is 2.29. The van der Waals surface area contributed by atoms with Gasteiger partial charge >= 0.3 is 5.97 Å². The minimum atomic E-state index is -0.957. The Morgan fingerprint density at radius 3 is 2.87 bits per heavy atom. The van der Waals surface area contributed by atoms with Gasteiger partial charge in [0.15, 0.2) is 0 Å². The second kappa shape index (κ2) is 5.46. The molecule has 0 aromatic heterocycles. The van der Waals surface area contributed by atoms with Crippen LogP contribution in [0.15, 0.2) is 0 Å². The smallest absolute Gasteiger partial charge is 0.305 e. The Hall–Kier alpha value is -0.620. The van der Waals surface area contributed by atoms with Crippen molar-refractivity contribution in [3.8, 4) is 0 Å². The van der Waals surface area contributed by atoms with Crippen molar-refractivity contribution in [3.05, 3.63) is 0 Å². The summed E-state index contributed by atoms with van der Waals surface area (Å²) in [5.74, 6) is -1.11. The molecule has 0 spiro atoms. The largest absolute Gasteiger partial charge is 0.481 e. The second-order valence-electron chi connectivity index (χ2n) is 3.31. The van der Waals surface area contributed by atoms with Crippen LogP contribution in [0, 0.1) is 0 Å². The number of carboxylic acids is 1. The fraction of sp³-hybridized carbons (Fsp3) is 0.667. The van der Waals surface area contributed by atoms with Gasteiger partial charge in [-0.3, -0.25) is 14.5 Å². The third-order valence-corrected chi connectivity index (χ3v) is 3.68. The molecule has 1 amide bonds. The molecule has 4 nitrogen and oxygen atoms in total. The van der Waals surface area contributed by atoms with Gasteiger partial charge in [-0.2, -0.15) is 0 Å². The molecular weight excluding hydrogens is 234 g/mol. The van der Waals surface area contributed by atoms with Gasteiger partial charge in [0.2, 0.25) is 5.91 Å². The van der Waals surface area contributed by atoms with Crippen LogP contribution in [0.1, 0.15) is 26.2 Å². The first-order chi connectivity index (χ1) is 7.06. The van der Waals surface area contributed by atoms with Gasteiger partial charge in [-0.1, -0.05) is 37.3 Å². The van der Waals surface area contributed by atoms with Crippen molar-refractivity contribution >= 4 is 40.2 Å². The van der Waals surface area contributed by atoms with Crippen molar-refractivity contribution in [1.29, 1.82) is 0 Å². The Labute approximate surface area is 98.0 Å². The van der Waals surface area contributed by atoms with E-state index in [9.17, 15) is 9.59 Å². The molecule has 0 radical (unpaired) electrons. The number of amides is 1. The van der Waals surface area contributed by atoms with Crippen molar-refractivity contribution in [2.24, 2.45) is 0 Å². The molecule has 1 N–H and O–H groups in total. The van der Waals surface area contributed by atoms with E-state index in [-0.39, 0.29) is 12.3 Å². The van der Waals surface area contributed by atoms with Crippen LogP contribution in [0.2, 0.25) is 0 Å². The van der Waals surface area contributed by atoms with E-state index in [1.54, 1.807) is 0 Å². The number of hydrogen-bond acceptors (Lipinski definition) is 4. The van der Waals surface area contributed by atoms with E-state index in [1.807, 2.05) is 6.92 Å². The van der Waals surface area contributed by atoms with Crippen LogP contribution in [-0.2, 0) is 9.59 Å². The lowest BCUT2D eigenvalue weighted by Crippen LogP contribution is -2.32. The van der Waals surface area contributed by atoms with Crippen LogP contribution in [0.25, 0.3) is 0 Å². The SMILES string of the molecule is CCCCN1C(=O)[C@H](CC(=O)O)SC1=S. The zero-order valence-electron chi connectivity index (χ0n) is 8.43. The number of rotatable bonds is 5. The van der Waals surface area contributed by atoms with Gasteiger partial charge in [-0.15, -0.1) is 0 Å². The molecule has 0 bridgehead atoms. The van der Waals surface area contributed by atoms with E-state index in [0.717, 1.165) is 12.8 Å². The molecular formula is C9H13NO3S2. The topological polar surface area (TPSA) is 57.6 Å². The molecule has 6 heteroatoms.